The second-order valence-electron chi connectivity index (χ2n) is 6.83. The maximum absolute atomic E-state index is 13.1. The number of amides is 1. The summed E-state index contributed by atoms with van der Waals surface area (Å²) in [5, 5.41) is 2.88. The summed E-state index contributed by atoms with van der Waals surface area (Å²) >= 11 is 0. The van der Waals surface area contributed by atoms with Gasteiger partial charge in [-0.3, -0.25) is 4.79 Å². The zero-order chi connectivity index (χ0) is 19.9. The third-order valence-corrected chi connectivity index (χ3v) is 6.12. The van der Waals surface area contributed by atoms with E-state index in [9.17, 15) is 13.2 Å². The van der Waals surface area contributed by atoms with Crippen molar-refractivity contribution in [2.45, 2.75) is 51.1 Å². The Morgan fingerprint density at radius 1 is 1.07 bits per heavy atom. The van der Waals surface area contributed by atoms with Crippen molar-refractivity contribution in [2.75, 3.05) is 6.54 Å². The van der Waals surface area contributed by atoms with E-state index in [0.717, 1.165) is 24.0 Å². The number of carbonyl (C=O) groups excluding carboxylic acids is 1. The Labute approximate surface area is 162 Å². The molecule has 0 aromatic heterocycles. The van der Waals surface area contributed by atoms with E-state index in [2.05, 4.69) is 5.32 Å². The lowest BCUT2D eigenvalue weighted by atomic mass is 10.2. The molecule has 0 saturated heterocycles. The first-order chi connectivity index (χ1) is 12.8. The van der Waals surface area contributed by atoms with Crippen LogP contribution < -0.4 is 5.32 Å². The lowest BCUT2D eigenvalue weighted by Gasteiger charge is -2.23. The van der Waals surface area contributed by atoms with Crippen molar-refractivity contribution in [3.05, 3.63) is 65.7 Å². The van der Waals surface area contributed by atoms with E-state index < -0.39 is 10.0 Å². The van der Waals surface area contributed by atoms with Crippen LogP contribution in [0, 0.1) is 6.92 Å². The van der Waals surface area contributed by atoms with E-state index in [4.69, 9.17) is 0 Å². The van der Waals surface area contributed by atoms with Crippen molar-refractivity contribution >= 4 is 15.9 Å². The summed E-state index contributed by atoms with van der Waals surface area (Å²) in [6, 6.07) is 16.0. The molecule has 6 heteroatoms. The minimum absolute atomic E-state index is 0.0168. The predicted octanol–water partition coefficient (Wildman–Crippen LogP) is 3.49. The number of carbonyl (C=O) groups is 1. The maximum atomic E-state index is 13.1. The van der Waals surface area contributed by atoms with E-state index in [1.54, 1.807) is 24.3 Å². The molecule has 0 aliphatic carbocycles. The number of benzene rings is 2. The van der Waals surface area contributed by atoms with Gasteiger partial charge in [-0.05, 0) is 38.0 Å². The highest BCUT2D eigenvalue weighted by atomic mass is 32.2. The second-order valence-corrected chi connectivity index (χ2v) is 8.77. The van der Waals surface area contributed by atoms with Crippen LogP contribution in [0.4, 0.5) is 0 Å². The molecule has 2 aromatic carbocycles. The quantitative estimate of drug-likeness (QED) is 0.715. The van der Waals surface area contributed by atoms with E-state index in [-0.39, 0.29) is 29.9 Å². The SMILES string of the molecule is CCCC(C)NC(=O)CN(Cc1ccccc1)S(=O)(=O)c1ccc(C)cc1. The van der Waals surface area contributed by atoms with Crippen LogP contribution in [0.2, 0.25) is 0 Å². The van der Waals surface area contributed by atoms with Crippen molar-refractivity contribution in [1.82, 2.24) is 9.62 Å². The summed E-state index contributed by atoms with van der Waals surface area (Å²) < 4.78 is 27.5. The topological polar surface area (TPSA) is 66.5 Å². The highest BCUT2D eigenvalue weighted by molar-refractivity contribution is 7.89. The van der Waals surface area contributed by atoms with Gasteiger partial charge in [0.1, 0.15) is 0 Å². The fourth-order valence-electron chi connectivity index (χ4n) is 2.86. The maximum Gasteiger partial charge on any atom is 0.243 e. The highest BCUT2D eigenvalue weighted by Crippen LogP contribution is 2.19. The van der Waals surface area contributed by atoms with Gasteiger partial charge in [-0.2, -0.15) is 4.31 Å². The molecule has 0 saturated carbocycles. The van der Waals surface area contributed by atoms with Gasteiger partial charge in [-0.25, -0.2) is 8.42 Å². The van der Waals surface area contributed by atoms with Crippen LogP contribution in [-0.4, -0.2) is 31.2 Å². The molecule has 146 valence electrons. The van der Waals surface area contributed by atoms with Gasteiger partial charge in [0.15, 0.2) is 0 Å². The van der Waals surface area contributed by atoms with Gasteiger partial charge < -0.3 is 5.32 Å². The number of hydrogen-bond donors (Lipinski definition) is 1. The molecule has 2 aromatic rings. The van der Waals surface area contributed by atoms with Crippen molar-refractivity contribution in [1.29, 1.82) is 0 Å². The summed E-state index contributed by atoms with van der Waals surface area (Å²) in [4.78, 5) is 12.6. The predicted molar refractivity (Wildman–Crippen MR) is 108 cm³/mol. The molecule has 0 aliphatic rings. The molecule has 1 N–H and O–H groups in total. The van der Waals surface area contributed by atoms with Crippen LogP contribution in [0.25, 0.3) is 0 Å². The lowest BCUT2D eigenvalue weighted by molar-refractivity contribution is -0.122. The molecule has 0 spiro atoms. The number of nitrogens with zero attached hydrogens (tertiary/aromatic N) is 1. The number of nitrogens with one attached hydrogen (secondary N) is 1. The van der Waals surface area contributed by atoms with Crippen LogP contribution >= 0.6 is 0 Å². The van der Waals surface area contributed by atoms with Gasteiger partial charge in [0.2, 0.25) is 15.9 Å². The van der Waals surface area contributed by atoms with Crippen molar-refractivity contribution in [3.8, 4) is 0 Å². The van der Waals surface area contributed by atoms with Gasteiger partial charge in [-0.1, -0.05) is 61.4 Å². The Hall–Kier alpha value is -2.18. The monoisotopic (exact) mass is 388 g/mol. The Kier molecular flexibility index (Phi) is 7.56. The summed E-state index contributed by atoms with van der Waals surface area (Å²) in [6.45, 7) is 5.82. The van der Waals surface area contributed by atoms with Crippen LogP contribution in [-0.2, 0) is 21.4 Å². The summed E-state index contributed by atoms with van der Waals surface area (Å²) in [5.74, 6) is -0.289. The fraction of sp³-hybridized carbons (Fsp3) is 0.381. The van der Waals surface area contributed by atoms with Crippen molar-refractivity contribution < 1.29 is 13.2 Å². The van der Waals surface area contributed by atoms with Crippen LogP contribution in [0.15, 0.2) is 59.5 Å². The molecule has 5 nitrogen and oxygen atoms in total. The Morgan fingerprint density at radius 3 is 2.30 bits per heavy atom. The molecule has 1 atom stereocenters. The number of hydrogen-bond acceptors (Lipinski definition) is 3. The largest absolute Gasteiger partial charge is 0.353 e. The van der Waals surface area contributed by atoms with E-state index in [0.29, 0.717) is 0 Å². The standard InChI is InChI=1S/C21H28N2O3S/c1-4-8-18(3)22-21(24)16-23(15-19-9-6-5-7-10-19)27(25,26)20-13-11-17(2)12-14-20/h5-7,9-14,18H,4,8,15-16H2,1-3H3,(H,22,24). The summed E-state index contributed by atoms with van der Waals surface area (Å²) in [7, 11) is -3.79. The van der Waals surface area contributed by atoms with Crippen molar-refractivity contribution in [3.63, 3.8) is 0 Å². The zero-order valence-electron chi connectivity index (χ0n) is 16.2. The van der Waals surface area contributed by atoms with Crippen LogP contribution in [0.5, 0.6) is 0 Å². The van der Waals surface area contributed by atoms with Crippen LogP contribution in [0.1, 0.15) is 37.8 Å². The molecule has 0 heterocycles. The molecule has 0 fully saturated rings. The van der Waals surface area contributed by atoms with Gasteiger partial charge in [0, 0.05) is 12.6 Å². The van der Waals surface area contributed by atoms with E-state index in [1.165, 1.54) is 4.31 Å². The number of sulfonamides is 1. The highest BCUT2D eigenvalue weighted by Gasteiger charge is 2.27. The molecule has 0 radical (unpaired) electrons. The third kappa shape index (κ3) is 6.19. The Balaban J connectivity index is 2.26. The Bertz CT molecular complexity index is 833. The molecule has 1 amide bonds. The Morgan fingerprint density at radius 2 is 1.70 bits per heavy atom. The third-order valence-electron chi connectivity index (χ3n) is 4.31. The zero-order valence-corrected chi connectivity index (χ0v) is 17.0. The van der Waals surface area contributed by atoms with Gasteiger partial charge in [-0.15, -0.1) is 0 Å². The van der Waals surface area contributed by atoms with E-state index in [1.807, 2.05) is 51.1 Å². The molecule has 2 rings (SSSR count). The minimum atomic E-state index is -3.79. The first-order valence-corrected chi connectivity index (χ1v) is 10.7. The number of aryl methyl sites for hydroxylation is 1. The van der Waals surface area contributed by atoms with Gasteiger partial charge in [0.05, 0.1) is 11.4 Å². The van der Waals surface area contributed by atoms with Gasteiger partial charge >= 0.3 is 0 Å². The molecular formula is C21H28N2O3S. The normalized spacial score (nSPS) is 12.7. The second kappa shape index (κ2) is 9.67. The minimum Gasteiger partial charge on any atom is -0.353 e. The van der Waals surface area contributed by atoms with Gasteiger partial charge in [0.25, 0.3) is 0 Å². The van der Waals surface area contributed by atoms with E-state index >= 15 is 0 Å². The molecular weight excluding hydrogens is 360 g/mol. The molecule has 1 unspecified atom stereocenters. The molecule has 0 aliphatic heterocycles. The first-order valence-electron chi connectivity index (χ1n) is 9.23. The summed E-state index contributed by atoms with van der Waals surface area (Å²) in [6.07, 6.45) is 1.81. The molecule has 27 heavy (non-hydrogen) atoms. The van der Waals surface area contributed by atoms with Crippen molar-refractivity contribution in [2.24, 2.45) is 0 Å². The number of rotatable bonds is 9. The summed E-state index contributed by atoms with van der Waals surface area (Å²) in [5.41, 5.74) is 1.82. The lowest BCUT2D eigenvalue weighted by Crippen LogP contribution is -2.43. The first kappa shape index (κ1) is 21.1. The smallest absolute Gasteiger partial charge is 0.243 e. The fourth-order valence-corrected chi connectivity index (χ4v) is 4.24. The van der Waals surface area contributed by atoms with Crippen LogP contribution in [0.3, 0.4) is 0 Å². The molecule has 0 bridgehead atoms. The average molecular weight is 389 g/mol. The average Bonchev–Trinajstić information content (AvgIpc) is 2.62.